The molecule has 1 aliphatic heterocycles. The molecule has 1 aliphatic rings. The lowest BCUT2D eigenvalue weighted by molar-refractivity contribution is 0.0693. The Labute approximate surface area is 201 Å². The zero-order chi connectivity index (χ0) is 25.1. The van der Waals surface area contributed by atoms with E-state index < -0.39 is 23.2 Å². The Morgan fingerprint density at radius 3 is 2.66 bits per heavy atom. The molecular formula is C26H24N2O7. The molecule has 0 spiro atoms. The van der Waals surface area contributed by atoms with E-state index in [0.717, 1.165) is 5.56 Å². The summed E-state index contributed by atoms with van der Waals surface area (Å²) in [5, 5.41) is 19.3. The van der Waals surface area contributed by atoms with E-state index in [9.17, 15) is 20.0 Å². The van der Waals surface area contributed by atoms with E-state index in [2.05, 4.69) is 6.07 Å². The Kier molecular flexibility index (Phi) is 6.75. The first-order chi connectivity index (χ1) is 16.9. The molecule has 1 aromatic heterocycles. The lowest BCUT2D eigenvalue weighted by Gasteiger charge is -2.32. The average molecular weight is 476 g/mol. The lowest BCUT2D eigenvalue weighted by atomic mass is 10.0. The van der Waals surface area contributed by atoms with Crippen LogP contribution in [0.15, 0.2) is 47.4 Å². The Morgan fingerprint density at radius 2 is 1.97 bits per heavy atom. The van der Waals surface area contributed by atoms with E-state index in [1.54, 1.807) is 29.9 Å². The van der Waals surface area contributed by atoms with Gasteiger partial charge in [0, 0.05) is 44.0 Å². The SMILES string of the molecule is COCCCOc1cc2c(cc1C#N)-c1cc(=O)c(C(=O)O)cn1C(c1cc(C)ccc1OC)O2. The molecule has 9 heteroatoms. The highest BCUT2D eigenvalue weighted by Gasteiger charge is 2.31. The highest BCUT2D eigenvalue weighted by molar-refractivity contribution is 5.88. The number of fused-ring (bicyclic) bond motifs is 3. The Bertz CT molecular complexity index is 1390. The molecule has 0 aliphatic carbocycles. The van der Waals surface area contributed by atoms with Gasteiger partial charge in [0.05, 0.1) is 30.5 Å². The van der Waals surface area contributed by atoms with Crippen molar-refractivity contribution in [3.05, 3.63) is 75.1 Å². The molecule has 1 atom stereocenters. The van der Waals surface area contributed by atoms with Crippen LogP contribution in [0.5, 0.6) is 17.2 Å². The van der Waals surface area contributed by atoms with Crippen molar-refractivity contribution < 1.29 is 28.8 Å². The van der Waals surface area contributed by atoms with Gasteiger partial charge < -0.3 is 28.6 Å². The van der Waals surface area contributed by atoms with Crippen molar-refractivity contribution in [1.82, 2.24) is 4.57 Å². The summed E-state index contributed by atoms with van der Waals surface area (Å²) in [7, 11) is 3.13. The molecule has 1 unspecified atom stereocenters. The van der Waals surface area contributed by atoms with E-state index in [0.29, 0.717) is 53.7 Å². The minimum absolute atomic E-state index is 0.262. The first-order valence-corrected chi connectivity index (χ1v) is 10.9. The fraction of sp³-hybridized carbons (Fsp3) is 0.269. The molecule has 0 fully saturated rings. The minimum Gasteiger partial charge on any atom is -0.496 e. The predicted octanol–water partition coefficient (Wildman–Crippen LogP) is 3.76. The van der Waals surface area contributed by atoms with Crippen LogP contribution in [0.1, 0.15) is 39.7 Å². The van der Waals surface area contributed by atoms with Crippen molar-refractivity contribution in [2.45, 2.75) is 19.6 Å². The van der Waals surface area contributed by atoms with Crippen molar-refractivity contribution in [1.29, 1.82) is 5.26 Å². The molecule has 1 N–H and O–H groups in total. The van der Waals surface area contributed by atoms with E-state index in [1.807, 2.05) is 19.1 Å². The maximum absolute atomic E-state index is 12.6. The van der Waals surface area contributed by atoms with Gasteiger partial charge in [-0.05, 0) is 25.1 Å². The van der Waals surface area contributed by atoms with Crippen LogP contribution < -0.4 is 19.6 Å². The van der Waals surface area contributed by atoms with Gasteiger partial charge in [-0.15, -0.1) is 0 Å². The standard InChI is InChI=1S/C26H24N2O7/c1-15-5-6-22(33-3)18(9-15)25-28-14-19(26(30)31)21(29)11-20(28)17-10-16(13-27)23(12-24(17)35-25)34-8-4-7-32-2/h5-6,9-12,14,25H,4,7-8H2,1-3H3,(H,30,31). The Balaban J connectivity index is 1.92. The van der Waals surface area contributed by atoms with Crippen molar-refractivity contribution in [2.24, 2.45) is 0 Å². The van der Waals surface area contributed by atoms with Crippen molar-refractivity contribution in [2.75, 3.05) is 27.4 Å². The number of aryl methyl sites for hydroxylation is 1. The maximum Gasteiger partial charge on any atom is 0.341 e. The van der Waals surface area contributed by atoms with Crippen LogP contribution in [-0.4, -0.2) is 43.1 Å². The quantitative estimate of drug-likeness (QED) is 0.488. The van der Waals surface area contributed by atoms with Gasteiger partial charge in [-0.2, -0.15) is 5.26 Å². The number of hydrogen-bond donors (Lipinski definition) is 1. The fourth-order valence-corrected chi connectivity index (χ4v) is 4.01. The number of nitrogens with zero attached hydrogens (tertiary/aromatic N) is 2. The second-order valence-corrected chi connectivity index (χ2v) is 8.02. The normalized spacial score (nSPS) is 13.7. The number of carboxylic acid groups (broad SMARTS) is 1. The number of carbonyl (C=O) groups is 1. The summed E-state index contributed by atoms with van der Waals surface area (Å²) in [5.41, 5.74) is 1.70. The number of benzene rings is 2. The molecular weight excluding hydrogens is 452 g/mol. The summed E-state index contributed by atoms with van der Waals surface area (Å²) in [6.07, 6.45) is 1.06. The summed E-state index contributed by atoms with van der Waals surface area (Å²) in [6.45, 7) is 2.77. The highest BCUT2D eigenvalue weighted by Crippen LogP contribution is 2.44. The maximum atomic E-state index is 12.6. The third-order valence-corrected chi connectivity index (χ3v) is 5.68. The number of aromatic carboxylic acids is 1. The molecule has 0 radical (unpaired) electrons. The number of carboxylic acids is 1. The predicted molar refractivity (Wildman–Crippen MR) is 126 cm³/mol. The number of nitriles is 1. The molecule has 0 saturated heterocycles. The Hall–Kier alpha value is -4.29. The molecule has 2 aromatic carbocycles. The first kappa shape index (κ1) is 23.9. The number of methoxy groups -OCH3 is 2. The number of rotatable bonds is 8. The zero-order valence-electron chi connectivity index (χ0n) is 19.5. The monoisotopic (exact) mass is 476 g/mol. The molecule has 35 heavy (non-hydrogen) atoms. The van der Waals surface area contributed by atoms with Crippen molar-refractivity contribution in [3.63, 3.8) is 0 Å². The zero-order valence-corrected chi connectivity index (χ0v) is 19.5. The number of pyridine rings is 1. The van der Waals surface area contributed by atoms with Gasteiger partial charge in [0.15, 0.2) is 5.43 Å². The van der Waals surface area contributed by atoms with Crippen LogP contribution >= 0.6 is 0 Å². The van der Waals surface area contributed by atoms with Gasteiger partial charge >= 0.3 is 5.97 Å². The van der Waals surface area contributed by atoms with Crippen LogP contribution in [0.25, 0.3) is 11.3 Å². The second-order valence-electron chi connectivity index (χ2n) is 8.02. The lowest BCUT2D eigenvalue weighted by Crippen LogP contribution is -2.28. The van der Waals surface area contributed by atoms with Crippen LogP contribution in [0.3, 0.4) is 0 Å². The summed E-state index contributed by atoms with van der Waals surface area (Å²) in [5.74, 6) is -0.0733. The molecule has 0 bridgehead atoms. The third kappa shape index (κ3) is 4.56. The Morgan fingerprint density at radius 1 is 1.17 bits per heavy atom. The number of hydrogen-bond acceptors (Lipinski definition) is 7. The van der Waals surface area contributed by atoms with E-state index in [4.69, 9.17) is 18.9 Å². The molecule has 2 heterocycles. The largest absolute Gasteiger partial charge is 0.496 e. The minimum atomic E-state index is -1.34. The number of ether oxygens (including phenoxy) is 4. The van der Waals surface area contributed by atoms with Gasteiger partial charge in [-0.1, -0.05) is 11.6 Å². The average Bonchev–Trinajstić information content (AvgIpc) is 2.85. The summed E-state index contributed by atoms with van der Waals surface area (Å²) in [6, 6.07) is 12.1. The van der Waals surface area contributed by atoms with Gasteiger partial charge in [-0.3, -0.25) is 4.79 Å². The smallest absolute Gasteiger partial charge is 0.341 e. The van der Waals surface area contributed by atoms with Crippen molar-refractivity contribution in [3.8, 4) is 34.6 Å². The highest BCUT2D eigenvalue weighted by atomic mass is 16.5. The summed E-state index contributed by atoms with van der Waals surface area (Å²) >= 11 is 0. The topological polar surface area (TPSA) is 120 Å². The van der Waals surface area contributed by atoms with E-state index in [1.165, 1.54) is 19.4 Å². The third-order valence-electron chi connectivity index (χ3n) is 5.68. The number of aromatic nitrogens is 1. The van der Waals surface area contributed by atoms with Crippen LogP contribution in [0.2, 0.25) is 0 Å². The van der Waals surface area contributed by atoms with Gasteiger partial charge in [0.2, 0.25) is 6.23 Å². The molecule has 4 rings (SSSR count). The van der Waals surface area contributed by atoms with Crippen molar-refractivity contribution >= 4 is 5.97 Å². The molecule has 0 saturated carbocycles. The second kappa shape index (κ2) is 9.91. The van der Waals surface area contributed by atoms with Gasteiger partial charge in [-0.25, -0.2) is 4.79 Å². The molecule has 3 aromatic rings. The van der Waals surface area contributed by atoms with Crippen LogP contribution in [0, 0.1) is 18.3 Å². The van der Waals surface area contributed by atoms with Crippen LogP contribution in [0.4, 0.5) is 0 Å². The molecule has 9 nitrogen and oxygen atoms in total. The summed E-state index contributed by atoms with van der Waals surface area (Å²) in [4.78, 5) is 24.3. The van der Waals surface area contributed by atoms with Gasteiger partial charge in [0.1, 0.15) is 28.9 Å². The fourth-order valence-electron chi connectivity index (χ4n) is 4.01. The first-order valence-electron chi connectivity index (χ1n) is 10.9. The van der Waals surface area contributed by atoms with E-state index in [-0.39, 0.29) is 5.56 Å². The van der Waals surface area contributed by atoms with E-state index >= 15 is 0 Å². The van der Waals surface area contributed by atoms with Gasteiger partial charge in [0.25, 0.3) is 0 Å². The summed E-state index contributed by atoms with van der Waals surface area (Å²) < 4.78 is 24.3. The molecule has 0 amide bonds. The van der Waals surface area contributed by atoms with Crippen LogP contribution in [-0.2, 0) is 4.74 Å². The molecule has 180 valence electrons.